The summed E-state index contributed by atoms with van der Waals surface area (Å²) in [5.74, 6) is 0.853. The summed E-state index contributed by atoms with van der Waals surface area (Å²) >= 11 is 3.55. The maximum atomic E-state index is 12.1. The molecule has 2 aromatic rings. The maximum absolute atomic E-state index is 12.1. The molecule has 2 rings (SSSR count). The van der Waals surface area contributed by atoms with Gasteiger partial charge in [-0.15, -0.1) is 0 Å². The average Bonchev–Trinajstić information content (AvgIpc) is 2.60. The summed E-state index contributed by atoms with van der Waals surface area (Å²) in [6.07, 6.45) is 4.56. The molecule has 134 valence electrons. The molecule has 3 nitrogen and oxygen atoms in total. The van der Waals surface area contributed by atoms with Gasteiger partial charge in [0.15, 0.2) is 0 Å². The monoisotopic (exact) mass is 403 g/mol. The van der Waals surface area contributed by atoms with Crippen LogP contribution in [0.5, 0.6) is 5.75 Å². The zero-order valence-electron chi connectivity index (χ0n) is 15.0. The molecule has 1 N–H and O–H groups in total. The van der Waals surface area contributed by atoms with E-state index in [0.717, 1.165) is 22.3 Å². The van der Waals surface area contributed by atoms with E-state index in [1.807, 2.05) is 37.3 Å². The number of halogens is 1. The molecular formula is C21H26BrNO2. The Balaban J connectivity index is 1.73. The first-order valence-corrected chi connectivity index (χ1v) is 9.65. The first-order valence-electron chi connectivity index (χ1n) is 8.86. The predicted octanol–water partition coefficient (Wildman–Crippen LogP) is 5.90. The molecule has 0 saturated heterocycles. The molecular weight excluding hydrogens is 378 g/mol. The largest absolute Gasteiger partial charge is 0.494 e. The van der Waals surface area contributed by atoms with Gasteiger partial charge in [0, 0.05) is 10.9 Å². The number of rotatable bonds is 9. The highest BCUT2D eigenvalue weighted by Gasteiger charge is 2.07. The van der Waals surface area contributed by atoms with E-state index in [0.29, 0.717) is 19.4 Å². The van der Waals surface area contributed by atoms with Crippen molar-refractivity contribution in [2.45, 2.75) is 46.0 Å². The van der Waals surface area contributed by atoms with Crippen LogP contribution >= 0.6 is 15.9 Å². The van der Waals surface area contributed by atoms with Gasteiger partial charge in [0.1, 0.15) is 5.75 Å². The number of carbonyl (C=O) groups is 1. The molecule has 0 bridgehead atoms. The highest BCUT2D eigenvalue weighted by molar-refractivity contribution is 9.10. The molecule has 2 aromatic carbocycles. The van der Waals surface area contributed by atoms with E-state index in [-0.39, 0.29) is 5.91 Å². The van der Waals surface area contributed by atoms with Gasteiger partial charge in [-0.1, -0.05) is 37.1 Å². The molecule has 4 heteroatoms. The zero-order chi connectivity index (χ0) is 18.1. The smallest absolute Gasteiger partial charge is 0.224 e. The number of aryl methyl sites for hydroxylation is 2. The summed E-state index contributed by atoms with van der Waals surface area (Å²) in [4.78, 5) is 12.1. The van der Waals surface area contributed by atoms with E-state index < -0.39 is 0 Å². The third-order valence-electron chi connectivity index (χ3n) is 3.96. The van der Waals surface area contributed by atoms with Crippen molar-refractivity contribution in [1.82, 2.24) is 0 Å². The van der Waals surface area contributed by atoms with Gasteiger partial charge in [0.05, 0.1) is 12.3 Å². The van der Waals surface area contributed by atoms with Crippen LogP contribution in [0.3, 0.4) is 0 Å². The zero-order valence-corrected chi connectivity index (χ0v) is 16.6. The van der Waals surface area contributed by atoms with Crippen molar-refractivity contribution in [2.24, 2.45) is 0 Å². The summed E-state index contributed by atoms with van der Waals surface area (Å²) in [6.45, 7) is 4.77. The fourth-order valence-corrected chi connectivity index (χ4v) is 2.99. The molecule has 0 aliphatic carbocycles. The number of benzene rings is 2. The van der Waals surface area contributed by atoms with Crippen LogP contribution in [-0.2, 0) is 11.2 Å². The van der Waals surface area contributed by atoms with Crippen LogP contribution in [0.15, 0.2) is 46.9 Å². The van der Waals surface area contributed by atoms with E-state index in [2.05, 4.69) is 40.3 Å². The lowest BCUT2D eigenvalue weighted by atomic mass is 10.1. The van der Waals surface area contributed by atoms with Crippen LogP contribution in [0.2, 0.25) is 0 Å². The number of hydrogen-bond donors (Lipinski definition) is 1. The number of ether oxygens (including phenoxy) is 1. The highest BCUT2D eigenvalue weighted by Crippen LogP contribution is 2.24. The van der Waals surface area contributed by atoms with Crippen LogP contribution < -0.4 is 10.1 Å². The first kappa shape index (κ1) is 19.5. The molecule has 0 unspecified atom stereocenters. The number of amides is 1. The quantitative estimate of drug-likeness (QED) is 0.529. The Morgan fingerprint density at radius 3 is 2.56 bits per heavy atom. The Bertz CT molecular complexity index is 683. The molecule has 25 heavy (non-hydrogen) atoms. The minimum Gasteiger partial charge on any atom is -0.494 e. The minimum atomic E-state index is 0.00881. The molecule has 0 radical (unpaired) electrons. The second-order valence-corrected chi connectivity index (χ2v) is 7.09. The summed E-state index contributed by atoms with van der Waals surface area (Å²) in [6, 6.07) is 14.1. The van der Waals surface area contributed by atoms with Crippen molar-refractivity contribution in [3.8, 4) is 5.75 Å². The average molecular weight is 404 g/mol. The Kier molecular flexibility index (Phi) is 7.99. The fourth-order valence-electron chi connectivity index (χ4n) is 2.47. The summed E-state index contributed by atoms with van der Waals surface area (Å²) < 4.78 is 6.58. The van der Waals surface area contributed by atoms with Crippen LogP contribution in [0.1, 0.15) is 43.7 Å². The van der Waals surface area contributed by atoms with Crippen LogP contribution in [0, 0.1) is 6.92 Å². The molecule has 0 aromatic heterocycles. The van der Waals surface area contributed by atoms with Crippen LogP contribution in [-0.4, -0.2) is 12.5 Å². The summed E-state index contributed by atoms with van der Waals surface area (Å²) in [5, 5.41) is 2.96. The topological polar surface area (TPSA) is 38.3 Å². The van der Waals surface area contributed by atoms with Gasteiger partial charge in [-0.2, -0.15) is 0 Å². The summed E-state index contributed by atoms with van der Waals surface area (Å²) in [7, 11) is 0. The molecule has 0 fully saturated rings. The molecule has 0 spiro atoms. The van der Waals surface area contributed by atoms with E-state index in [9.17, 15) is 4.79 Å². The highest BCUT2D eigenvalue weighted by atomic mass is 79.9. The van der Waals surface area contributed by atoms with Gasteiger partial charge in [-0.25, -0.2) is 0 Å². The van der Waals surface area contributed by atoms with Crippen molar-refractivity contribution >= 4 is 27.5 Å². The number of hydrogen-bond acceptors (Lipinski definition) is 2. The third kappa shape index (κ3) is 6.91. The standard InChI is InChI=1S/C21H26BrNO2/c1-3-4-6-17-10-13-20(19(22)15-17)23-21(24)7-5-14-25-18-11-8-16(2)9-12-18/h8-13,15H,3-7,14H2,1-2H3,(H,23,24). The van der Waals surface area contributed by atoms with Gasteiger partial charge in [-0.3, -0.25) is 4.79 Å². The fraction of sp³-hybridized carbons (Fsp3) is 0.381. The number of carbonyl (C=O) groups excluding carboxylic acids is 1. The number of unbranched alkanes of at least 4 members (excludes halogenated alkanes) is 1. The Labute approximate surface area is 158 Å². The Morgan fingerprint density at radius 2 is 1.88 bits per heavy atom. The molecule has 0 atom stereocenters. The van der Waals surface area contributed by atoms with Crippen molar-refractivity contribution < 1.29 is 9.53 Å². The lowest BCUT2D eigenvalue weighted by Gasteiger charge is -2.10. The Hall–Kier alpha value is -1.81. The maximum Gasteiger partial charge on any atom is 0.224 e. The van der Waals surface area contributed by atoms with Gasteiger partial charge < -0.3 is 10.1 Å². The van der Waals surface area contributed by atoms with Gasteiger partial charge in [0.2, 0.25) is 5.91 Å². The second kappa shape index (κ2) is 10.2. The summed E-state index contributed by atoms with van der Waals surface area (Å²) in [5.41, 5.74) is 3.32. The van der Waals surface area contributed by atoms with E-state index >= 15 is 0 Å². The van der Waals surface area contributed by atoms with Gasteiger partial charge in [-0.05, 0) is 71.9 Å². The number of anilines is 1. The molecule has 0 aliphatic rings. The lowest BCUT2D eigenvalue weighted by molar-refractivity contribution is -0.116. The van der Waals surface area contributed by atoms with E-state index in [1.165, 1.54) is 24.0 Å². The van der Waals surface area contributed by atoms with Gasteiger partial charge >= 0.3 is 0 Å². The minimum absolute atomic E-state index is 0.00881. The first-order chi connectivity index (χ1) is 12.1. The van der Waals surface area contributed by atoms with Crippen molar-refractivity contribution in [1.29, 1.82) is 0 Å². The molecule has 0 aliphatic heterocycles. The second-order valence-electron chi connectivity index (χ2n) is 6.23. The Morgan fingerprint density at radius 1 is 1.12 bits per heavy atom. The SMILES string of the molecule is CCCCc1ccc(NC(=O)CCCOc2ccc(C)cc2)c(Br)c1. The predicted molar refractivity (Wildman–Crippen MR) is 107 cm³/mol. The normalized spacial score (nSPS) is 10.5. The van der Waals surface area contributed by atoms with E-state index in [4.69, 9.17) is 4.74 Å². The number of nitrogens with one attached hydrogen (secondary N) is 1. The van der Waals surface area contributed by atoms with Crippen molar-refractivity contribution in [2.75, 3.05) is 11.9 Å². The molecule has 0 saturated carbocycles. The van der Waals surface area contributed by atoms with E-state index in [1.54, 1.807) is 0 Å². The third-order valence-corrected chi connectivity index (χ3v) is 4.62. The van der Waals surface area contributed by atoms with Gasteiger partial charge in [0.25, 0.3) is 0 Å². The van der Waals surface area contributed by atoms with Crippen molar-refractivity contribution in [3.05, 3.63) is 58.1 Å². The van der Waals surface area contributed by atoms with Crippen LogP contribution in [0.25, 0.3) is 0 Å². The lowest BCUT2D eigenvalue weighted by Crippen LogP contribution is -2.13. The molecule has 0 heterocycles. The van der Waals surface area contributed by atoms with Crippen molar-refractivity contribution in [3.63, 3.8) is 0 Å². The molecule has 1 amide bonds. The van der Waals surface area contributed by atoms with Crippen LogP contribution in [0.4, 0.5) is 5.69 Å².